The molecule has 0 atom stereocenters. The number of nitrogens with zero attached hydrogens (tertiary/aromatic N) is 1. The van der Waals surface area contributed by atoms with E-state index in [1.165, 1.54) is 23.5 Å². The van der Waals surface area contributed by atoms with Crippen LogP contribution in [0.25, 0.3) is 0 Å². The topological polar surface area (TPSA) is 54.0 Å². The number of hydrogen-bond acceptors (Lipinski definition) is 4. The van der Waals surface area contributed by atoms with Crippen molar-refractivity contribution < 1.29 is 13.6 Å². The first-order valence-corrected chi connectivity index (χ1v) is 7.23. The van der Waals surface area contributed by atoms with E-state index in [0.29, 0.717) is 30.1 Å². The van der Waals surface area contributed by atoms with Gasteiger partial charge in [0.05, 0.1) is 0 Å². The highest BCUT2D eigenvalue weighted by molar-refractivity contribution is 7.15. The smallest absolute Gasteiger partial charge is 0.227 e. The average Bonchev–Trinajstić information content (AvgIpc) is 2.88. The maximum atomic E-state index is 13.1. The number of hydrogen-bond donors (Lipinski definition) is 2. The maximum Gasteiger partial charge on any atom is 0.227 e. The molecule has 0 aliphatic carbocycles. The number of thiazole rings is 1. The summed E-state index contributed by atoms with van der Waals surface area (Å²) < 4.78 is 26.0. The van der Waals surface area contributed by atoms with Crippen LogP contribution in [0.15, 0.2) is 24.4 Å². The Hall–Kier alpha value is -1.86. The van der Waals surface area contributed by atoms with Crippen LogP contribution in [0, 0.1) is 11.6 Å². The number of nitrogens with one attached hydrogen (secondary N) is 2. The Balaban J connectivity index is 1.96. The molecule has 2 rings (SSSR count). The van der Waals surface area contributed by atoms with E-state index >= 15 is 0 Å². The van der Waals surface area contributed by atoms with E-state index in [0.717, 1.165) is 10.9 Å². The van der Waals surface area contributed by atoms with Gasteiger partial charge in [0, 0.05) is 30.5 Å². The zero-order valence-electron chi connectivity index (χ0n) is 11.5. The molecule has 21 heavy (non-hydrogen) atoms. The molecule has 0 saturated heterocycles. The van der Waals surface area contributed by atoms with Crippen molar-refractivity contribution in [1.82, 2.24) is 10.3 Å². The molecule has 4 nitrogen and oxygen atoms in total. The highest BCUT2D eigenvalue weighted by atomic mass is 32.1. The van der Waals surface area contributed by atoms with Gasteiger partial charge in [0.1, 0.15) is 0 Å². The van der Waals surface area contributed by atoms with Crippen LogP contribution >= 0.6 is 11.3 Å². The van der Waals surface area contributed by atoms with E-state index in [1.54, 1.807) is 13.2 Å². The second-order valence-electron chi connectivity index (χ2n) is 4.46. The van der Waals surface area contributed by atoms with Crippen molar-refractivity contribution in [2.24, 2.45) is 0 Å². The largest absolute Gasteiger partial charge is 0.319 e. The van der Waals surface area contributed by atoms with Crippen molar-refractivity contribution >= 4 is 22.4 Å². The van der Waals surface area contributed by atoms with E-state index in [1.807, 2.05) is 0 Å². The number of carbonyl (C=O) groups excluding carboxylic acids is 1. The number of carbonyl (C=O) groups is 1. The Bertz CT molecular complexity index is 630. The molecule has 2 aromatic rings. The third kappa shape index (κ3) is 4.57. The van der Waals surface area contributed by atoms with Gasteiger partial charge in [-0.15, -0.1) is 11.3 Å². The minimum atomic E-state index is -0.863. The number of amides is 1. The van der Waals surface area contributed by atoms with Gasteiger partial charge in [0.2, 0.25) is 5.91 Å². The standard InChI is InChI=1S/C14H15F2N3OS/c1-17-5-4-13(20)19-14-18-8-10(21-14)6-9-2-3-11(15)12(16)7-9/h2-3,7-8,17H,4-6H2,1H3,(H,18,19,20). The second kappa shape index (κ2) is 7.24. The zero-order chi connectivity index (χ0) is 15.2. The van der Waals surface area contributed by atoms with Crippen LogP contribution in [-0.2, 0) is 11.2 Å². The van der Waals surface area contributed by atoms with Gasteiger partial charge in [-0.1, -0.05) is 6.07 Å². The van der Waals surface area contributed by atoms with Gasteiger partial charge in [-0.2, -0.15) is 0 Å². The Kier molecular flexibility index (Phi) is 5.35. The highest BCUT2D eigenvalue weighted by Crippen LogP contribution is 2.22. The monoisotopic (exact) mass is 311 g/mol. The van der Waals surface area contributed by atoms with Gasteiger partial charge in [-0.3, -0.25) is 4.79 Å². The molecular formula is C14H15F2N3OS. The third-order valence-electron chi connectivity index (χ3n) is 2.76. The Morgan fingerprint density at radius 2 is 2.14 bits per heavy atom. The van der Waals surface area contributed by atoms with Crippen molar-refractivity contribution in [1.29, 1.82) is 0 Å². The molecule has 112 valence electrons. The molecular weight excluding hydrogens is 296 g/mol. The molecule has 1 aromatic heterocycles. The minimum Gasteiger partial charge on any atom is -0.319 e. The van der Waals surface area contributed by atoms with Crippen LogP contribution in [0.5, 0.6) is 0 Å². The summed E-state index contributed by atoms with van der Waals surface area (Å²) in [5, 5.41) is 6.09. The molecule has 0 aliphatic heterocycles. The van der Waals surface area contributed by atoms with Crippen LogP contribution in [0.3, 0.4) is 0 Å². The number of benzene rings is 1. The van der Waals surface area contributed by atoms with Gasteiger partial charge in [-0.25, -0.2) is 13.8 Å². The van der Waals surface area contributed by atoms with Crippen LogP contribution in [0.2, 0.25) is 0 Å². The van der Waals surface area contributed by atoms with Crippen LogP contribution in [0.1, 0.15) is 16.9 Å². The lowest BCUT2D eigenvalue weighted by molar-refractivity contribution is -0.116. The third-order valence-corrected chi connectivity index (χ3v) is 3.68. The number of halogens is 2. The molecule has 0 spiro atoms. The van der Waals surface area contributed by atoms with E-state index in [2.05, 4.69) is 15.6 Å². The van der Waals surface area contributed by atoms with Crippen molar-refractivity contribution in [2.75, 3.05) is 18.9 Å². The maximum absolute atomic E-state index is 13.1. The minimum absolute atomic E-state index is 0.113. The fraction of sp³-hybridized carbons (Fsp3) is 0.286. The van der Waals surface area contributed by atoms with Crippen molar-refractivity contribution in [2.45, 2.75) is 12.8 Å². The van der Waals surface area contributed by atoms with E-state index in [-0.39, 0.29) is 5.91 Å². The number of anilines is 1. The fourth-order valence-electron chi connectivity index (χ4n) is 1.72. The molecule has 0 saturated carbocycles. The summed E-state index contributed by atoms with van der Waals surface area (Å²) in [6, 6.07) is 3.80. The van der Waals surface area contributed by atoms with Gasteiger partial charge in [-0.05, 0) is 24.7 Å². The van der Waals surface area contributed by atoms with E-state index in [9.17, 15) is 13.6 Å². The molecule has 0 radical (unpaired) electrons. The molecule has 7 heteroatoms. The lowest BCUT2D eigenvalue weighted by Gasteiger charge is -2.01. The van der Waals surface area contributed by atoms with E-state index in [4.69, 9.17) is 0 Å². The second-order valence-corrected chi connectivity index (χ2v) is 5.57. The lowest BCUT2D eigenvalue weighted by Crippen LogP contribution is -2.18. The van der Waals surface area contributed by atoms with Crippen LogP contribution in [0.4, 0.5) is 13.9 Å². The Morgan fingerprint density at radius 1 is 1.33 bits per heavy atom. The summed E-state index contributed by atoms with van der Waals surface area (Å²) in [4.78, 5) is 16.5. The molecule has 0 unspecified atom stereocenters. The first-order valence-electron chi connectivity index (χ1n) is 6.41. The summed E-state index contributed by atoms with van der Waals surface area (Å²) in [6.45, 7) is 0.596. The molecule has 0 bridgehead atoms. The van der Waals surface area contributed by atoms with Crippen molar-refractivity contribution in [3.8, 4) is 0 Å². The SMILES string of the molecule is CNCCC(=O)Nc1ncc(Cc2ccc(F)c(F)c2)s1. The number of aromatic nitrogens is 1. The predicted octanol–water partition coefficient (Wildman–Crippen LogP) is 2.56. The summed E-state index contributed by atoms with van der Waals surface area (Å²) in [7, 11) is 1.77. The highest BCUT2D eigenvalue weighted by Gasteiger charge is 2.08. The lowest BCUT2D eigenvalue weighted by atomic mass is 10.1. The Morgan fingerprint density at radius 3 is 2.86 bits per heavy atom. The fourth-order valence-corrected chi connectivity index (χ4v) is 2.58. The van der Waals surface area contributed by atoms with Gasteiger partial charge in [0.25, 0.3) is 0 Å². The van der Waals surface area contributed by atoms with Crippen molar-refractivity contribution in [3.63, 3.8) is 0 Å². The number of rotatable bonds is 6. The summed E-state index contributed by atoms with van der Waals surface area (Å²) in [5.41, 5.74) is 0.658. The predicted molar refractivity (Wildman–Crippen MR) is 78.5 cm³/mol. The summed E-state index contributed by atoms with van der Waals surface area (Å²) in [5.74, 6) is -1.84. The first kappa shape index (κ1) is 15.5. The quantitative estimate of drug-likeness (QED) is 0.862. The molecule has 1 heterocycles. The van der Waals surface area contributed by atoms with Gasteiger partial charge < -0.3 is 10.6 Å². The van der Waals surface area contributed by atoms with E-state index < -0.39 is 11.6 Å². The first-order chi connectivity index (χ1) is 10.1. The summed E-state index contributed by atoms with van der Waals surface area (Å²) >= 11 is 1.32. The molecule has 0 aliphatic rings. The average molecular weight is 311 g/mol. The van der Waals surface area contributed by atoms with Gasteiger partial charge >= 0.3 is 0 Å². The Labute approximate surface area is 125 Å². The molecule has 0 fully saturated rings. The molecule has 1 aromatic carbocycles. The van der Waals surface area contributed by atoms with Crippen LogP contribution < -0.4 is 10.6 Å². The molecule has 2 N–H and O–H groups in total. The summed E-state index contributed by atoms with van der Waals surface area (Å²) in [6.07, 6.45) is 2.44. The normalized spacial score (nSPS) is 10.6. The van der Waals surface area contributed by atoms with Crippen molar-refractivity contribution in [3.05, 3.63) is 46.5 Å². The zero-order valence-corrected chi connectivity index (χ0v) is 12.3. The molecule has 1 amide bonds. The van der Waals surface area contributed by atoms with Crippen LogP contribution in [-0.4, -0.2) is 24.5 Å². The van der Waals surface area contributed by atoms with Gasteiger partial charge in [0.15, 0.2) is 16.8 Å².